The minimum Gasteiger partial charge on any atom is -0.483 e. The maximum atomic E-state index is 13.1. The predicted octanol–water partition coefficient (Wildman–Crippen LogP) is 5.17. The number of anilines is 1. The SMILES string of the molecule is Cc1ccc(C)c(NC(=O)COc2cccc3c2CCN(Cc2ccc(Cl)cc2)C3=O)c1. The van der Waals surface area contributed by atoms with Crippen LogP contribution in [0.1, 0.15) is 32.6 Å². The zero-order chi connectivity index (χ0) is 22.7. The van der Waals surface area contributed by atoms with Gasteiger partial charge in [-0.3, -0.25) is 9.59 Å². The molecule has 32 heavy (non-hydrogen) atoms. The molecule has 1 aliphatic heterocycles. The van der Waals surface area contributed by atoms with Gasteiger partial charge >= 0.3 is 0 Å². The summed E-state index contributed by atoms with van der Waals surface area (Å²) in [6, 6.07) is 18.8. The molecular weight excluding hydrogens is 424 g/mol. The smallest absolute Gasteiger partial charge is 0.262 e. The number of nitrogens with zero attached hydrogens (tertiary/aromatic N) is 1. The first kappa shape index (κ1) is 21.9. The van der Waals surface area contributed by atoms with Gasteiger partial charge in [-0.1, -0.05) is 41.9 Å². The monoisotopic (exact) mass is 448 g/mol. The van der Waals surface area contributed by atoms with Crippen LogP contribution < -0.4 is 10.1 Å². The van der Waals surface area contributed by atoms with Crippen LogP contribution in [0.15, 0.2) is 60.7 Å². The van der Waals surface area contributed by atoms with Gasteiger partial charge in [0.25, 0.3) is 11.8 Å². The molecule has 0 fully saturated rings. The first-order valence-corrected chi connectivity index (χ1v) is 10.9. The summed E-state index contributed by atoms with van der Waals surface area (Å²) in [7, 11) is 0. The van der Waals surface area contributed by atoms with E-state index in [-0.39, 0.29) is 18.4 Å². The Kier molecular flexibility index (Phi) is 6.47. The second-order valence-corrected chi connectivity index (χ2v) is 8.48. The minimum absolute atomic E-state index is 0.0357. The van der Waals surface area contributed by atoms with Gasteiger partial charge in [0.05, 0.1) is 0 Å². The predicted molar refractivity (Wildman–Crippen MR) is 126 cm³/mol. The quantitative estimate of drug-likeness (QED) is 0.565. The molecule has 0 aromatic heterocycles. The molecule has 1 N–H and O–H groups in total. The zero-order valence-electron chi connectivity index (χ0n) is 18.2. The van der Waals surface area contributed by atoms with Gasteiger partial charge in [0, 0.05) is 34.9 Å². The van der Waals surface area contributed by atoms with Crippen LogP contribution in [0.3, 0.4) is 0 Å². The number of benzene rings is 3. The number of rotatable bonds is 6. The van der Waals surface area contributed by atoms with Crippen molar-refractivity contribution in [2.45, 2.75) is 26.8 Å². The number of carbonyl (C=O) groups excluding carboxylic acids is 2. The Hall–Kier alpha value is -3.31. The second-order valence-electron chi connectivity index (χ2n) is 8.04. The molecule has 0 saturated heterocycles. The molecule has 0 aliphatic carbocycles. The lowest BCUT2D eigenvalue weighted by Crippen LogP contribution is -2.37. The molecule has 2 amide bonds. The fourth-order valence-corrected chi connectivity index (χ4v) is 3.96. The van der Waals surface area contributed by atoms with E-state index in [1.807, 2.05) is 73.3 Å². The topological polar surface area (TPSA) is 58.6 Å². The van der Waals surface area contributed by atoms with Crippen molar-refractivity contribution in [1.29, 1.82) is 0 Å². The lowest BCUT2D eigenvalue weighted by molar-refractivity contribution is -0.118. The van der Waals surface area contributed by atoms with E-state index in [4.69, 9.17) is 16.3 Å². The fraction of sp³-hybridized carbons (Fsp3) is 0.231. The van der Waals surface area contributed by atoms with E-state index in [1.165, 1.54) is 0 Å². The first-order chi connectivity index (χ1) is 15.4. The van der Waals surface area contributed by atoms with Crippen molar-refractivity contribution in [3.8, 4) is 5.75 Å². The van der Waals surface area contributed by atoms with Crippen LogP contribution >= 0.6 is 11.6 Å². The number of nitrogens with one attached hydrogen (secondary N) is 1. The maximum Gasteiger partial charge on any atom is 0.262 e. The molecule has 4 rings (SSSR count). The number of hydrogen-bond acceptors (Lipinski definition) is 3. The highest BCUT2D eigenvalue weighted by molar-refractivity contribution is 6.30. The third-order valence-corrected chi connectivity index (χ3v) is 5.85. The standard InChI is InChI=1S/C26H25ClN2O3/c1-17-6-7-18(2)23(14-17)28-25(30)16-32-24-5-3-4-22-21(24)12-13-29(26(22)31)15-19-8-10-20(27)11-9-19/h3-11,14H,12-13,15-16H2,1-2H3,(H,28,30). The van der Waals surface area contributed by atoms with Crippen molar-refractivity contribution in [1.82, 2.24) is 4.90 Å². The third-order valence-electron chi connectivity index (χ3n) is 5.60. The minimum atomic E-state index is -0.234. The van der Waals surface area contributed by atoms with Crippen LogP contribution in [0.2, 0.25) is 5.02 Å². The van der Waals surface area contributed by atoms with Crippen LogP contribution in [0.25, 0.3) is 0 Å². The zero-order valence-corrected chi connectivity index (χ0v) is 18.9. The molecule has 3 aromatic carbocycles. The van der Waals surface area contributed by atoms with Gasteiger partial charge in [0.1, 0.15) is 5.75 Å². The molecule has 164 valence electrons. The van der Waals surface area contributed by atoms with Crippen molar-refractivity contribution in [3.05, 3.63) is 93.5 Å². The van der Waals surface area contributed by atoms with Crippen LogP contribution in [-0.4, -0.2) is 29.9 Å². The van der Waals surface area contributed by atoms with Crippen LogP contribution in [0.5, 0.6) is 5.75 Å². The number of hydrogen-bond donors (Lipinski definition) is 1. The van der Waals surface area contributed by atoms with Crippen molar-refractivity contribution in [3.63, 3.8) is 0 Å². The summed E-state index contributed by atoms with van der Waals surface area (Å²) in [6.07, 6.45) is 0.670. The summed E-state index contributed by atoms with van der Waals surface area (Å²) < 4.78 is 5.83. The van der Waals surface area contributed by atoms with Crippen molar-refractivity contribution in [2.75, 3.05) is 18.5 Å². The van der Waals surface area contributed by atoms with E-state index in [2.05, 4.69) is 5.32 Å². The normalized spacial score (nSPS) is 13.0. The Bertz CT molecular complexity index is 1160. The summed E-state index contributed by atoms with van der Waals surface area (Å²) in [5, 5.41) is 3.57. The summed E-state index contributed by atoms with van der Waals surface area (Å²) >= 11 is 5.96. The van der Waals surface area contributed by atoms with E-state index < -0.39 is 0 Å². The van der Waals surface area contributed by atoms with Gasteiger partial charge in [-0.25, -0.2) is 0 Å². The summed E-state index contributed by atoms with van der Waals surface area (Å²) in [5.74, 6) is 0.312. The Morgan fingerprint density at radius 3 is 2.66 bits per heavy atom. The lowest BCUT2D eigenvalue weighted by Gasteiger charge is -2.29. The second kappa shape index (κ2) is 9.45. The van der Waals surface area contributed by atoms with Crippen LogP contribution in [0, 0.1) is 13.8 Å². The molecule has 0 saturated carbocycles. The molecule has 3 aromatic rings. The van der Waals surface area contributed by atoms with Gasteiger partial charge in [-0.2, -0.15) is 0 Å². The van der Waals surface area contributed by atoms with Gasteiger partial charge in [-0.05, 0) is 67.3 Å². The Balaban J connectivity index is 1.42. The molecule has 0 bridgehead atoms. The number of ether oxygens (including phenoxy) is 1. The third kappa shape index (κ3) is 4.94. The van der Waals surface area contributed by atoms with E-state index in [1.54, 1.807) is 6.07 Å². The molecule has 0 spiro atoms. The average molecular weight is 449 g/mol. The van der Waals surface area contributed by atoms with Crippen molar-refractivity contribution in [2.24, 2.45) is 0 Å². The van der Waals surface area contributed by atoms with Crippen LogP contribution in [-0.2, 0) is 17.8 Å². The van der Waals surface area contributed by atoms with Gasteiger partial charge in [-0.15, -0.1) is 0 Å². The molecular formula is C26H25ClN2O3. The molecule has 0 unspecified atom stereocenters. The van der Waals surface area contributed by atoms with E-state index in [0.717, 1.165) is 27.9 Å². The number of aryl methyl sites for hydroxylation is 2. The fourth-order valence-electron chi connectivity index (χ4n) is 3.84. The van der Waals surface area contributed by atoms with Crippen LogP contribution in [0.4, 0.5) is 5.69 Å². The largest absolute Gasteiger partial charge is 0.483 e. The van der Waals surface area contributed by atoms with Crippen molar-refractivity contribution >= 4 is 29.1 Å². The number of fused-ring (bicyclic) bond motifs is 1. The molecule has 1 heterocycles. The molecule has 0 atom stereocenters. The molecule has 0 radical (unpaired) electrons. The average Bonchev–Trinajstić information content (AvgIpc) is 2.78. The summed E-state index contributed by atoms with van der Waals surface area (Å²) in [4.78, 5) is 27.3. The Labute approximate surface area is 193 Å². The highest BCUT2D eigenvalue weighted by atomic mass is 35.5. The number of halogens is 1. The summed E-state index contributed by atoms with van der Waals surface area (Å²) in [6.45, 7) is 4.93. The Morgan fingerprint density at radius 1 is 1.09 bits per heavy atom. The number of amides is 2. The van der Waals surface area contributed by atoms with Gasteiger partial charge in [0.2, 0.25) is 0 Å². The first-order valence-electron chi connectivity index (χ1n) is 10.6. The Morgan fingerprint density at radius 2 is 1.88 bits per heavy atom. The van der Waals surface area contributed by atoms with E-state index in [0.29, 0.717) is 35.8 Å². The molecule has 1 aliphatic rings. The highest BCUT2D eigenvalue weighted by Crippen LogP contribution is 2.29. The van der Waals surface area contributed by atoms with Crippen molar-refractivity contribution < 1.29 is 14.3 Å². The summed E-state index contributed by atoms with van der Waals surface area (Å²) in [5.41, 5.74) is 5.35. The highest BCUT2D eigenvalue weighted by Gasteiger charge is 2.27. The lowest BCUT2D eigenvalue weighted by atomic mass is 9.97. The molecule has 5 nitrogen and oxygen atoms in total. The number of carbonyl (C=O) groups is 2. The maximum absolute atomic E-state index is 13.1. The van der Waals surface area contributed by atoms with Gasteiger partial charge < -0.3 is 15.0 Å². The van der Waals surface area contributed by atoms with E-state index >= 15 is 0 Å². The van der Waals surface area contributed by atoms with Gasteiger partial charge in [0.15, 0.2) is 6.61 Å². The van der Waals surface area contributed by atoms with E-state index in [9.17, 15) is 9.59 Å². The molecule has 6 heteroatoms.